The molecule has 1 aliphatic rings. The molecule has 0 radical (unpaired) electrons. The number of nitrogens with zero attached hydrogens (tertiary/aromatic N) is 1. The summed E-state index contributed by atoms with van der Waals surface area (Å²) in [5, 5.41) is 0. The molecule has 5 nitrogen and oxygen atoms in total. The highest BCUT2D eigenvalue weighted by molar-refractivity contribution is 5.85. The highest BCUT2D eigenvalue weighted by Crippen LogP contribution is 2.23. The number of likely N-dealkylation sites (tertiary alicyclic amines) is 1. The molecule has 1 aromatic carbocycles. The third kappa shape index (κ3) is 5.07. The summed E-state index contributed by atoms with van der Waals surface area (Å²) in [5.41, 5.74) is 6.96. The van der Waals surface area contributed by atoms with Crippen molar-refractivity contribution in [1.82, 2.24) is 4.90 Å². The lowest BCUT2D eigenvalue weighted by Crippen LogP contribution is -2.45. The average molecular weight is 329 g/mol. The van der Waals surface area contributed by atoms with E-state index >= 15 is 0 Å². The molecule has 1 aromatic rings. The van der Waals surface area contributed by atoms with Crippen LogP contribution < -0.4 is 15.2 Å². The first kappa shape index (κ1) is 18.6. The number of hydrogen-bond donors (Lipinski definition) is 1. The molecule has 1 unspecified atom stereocenters. The summed E-state index contributed by atoms with van der Waals surface area (Å²) in [6, 6.07) is 5.84. The van der Waals surface area contributed by atoms with Gasteiger partial charge in [0.05, 0.1) is 14.2 Å². The second-order valence-electron chi connectivity index (χ2n) is 5.46. The van der Waals surface area contributed by atoms with Crippen molar-refractivity contribution in [3.8, 4) is 11.5 Å². The van der Waals surface area contributed by atoms with Crippen LogP contribution in [0.15, 0.2) is 18.2 Å². The van der Waals surface area contributed by atoms with Crippen LogP contribution in [-0.4, -0.2) is 44.2 Å². The van der Waals surface area contributed by atoms with Crippen molar-refractivity contribution in [2.75, 3.05) is 27.3 Å². The fourth-order valence-corrected chi connectivity index (χ4v) is 2.66. The Kier molecular flexibility index (Phi) is 7.48. The Labute approximate surface area is 138 Å². The van der Waals surface area contributed by atoms with E-state index in [-0.39, 0.29) is 24.4 Å². The number of piperidine rings is 1. The van der Waals surface area contributed by atoms with Crippen LogP contribution in [0, 0.1) is 0 Å². The van der Waals surface area contributed by atoms with Gasteiger partial charge in [-0.3, -0.25) is 4.79 Å². The van der Waals surface area contributed by atoms with Gasteiger partial charge in [-0.1, -0.05) is 0 Å². The highest BCUT2D eigenvalue weighted by atomic mass is 35.5. The number of ether oxygens (including phenoxy) is 2. The lowest BCUT2D eigenvalue weighted by Gasteiger charge is -2.30. The number of amides is 1. The van der Waals surface area contributed by atoms with Crippen LogP contribution in [-0.2, 0) is 11.2 Å². The van der Waals surface area contributed by atoms with E-state index in [1.807, 2.05) is 23.1 Å². The monoisotopic (exact) mass is 328 g/mol. The maximum Gasteiger partial charge on any atom is 0.222 e. The average Bonchev–Trinajstić information content (AvgIpc) is 2.52. The van der Waals surface area contributed by atoms with Crippen molar-refractivity contribution in [2.24, 2.45) is 5.73 Å². The minimum Gasteiger partial charge on any atom is -0.497 e. The molecule has 1 saturated heterocycles. The molecule has 124 valence electrons. The summed E-state index contributed by atoms with van der Waals surface area (Å²) in [6.07, 6.45) is 3.18. The van der Waals surface area contributed by atoms with Crippen LogP contribution in [0.1, 0.15) is 24.8 Å². The summed E-state index contributed by atoms with van der Waals surface area (Å²) in [7, 11) is 3.25. The Morgan fingerprint density at radius 3 is 2.45 bits per heavy atom. The second-order valence-corrected chi connectivity index (χ2v) is 5.46. The maximum atomic E-state index is 12.2. The molecule has 1 heterocycles. The van der Waals surface area contributed by atoms with Gasteiger partial charge in [0.25, 0.3) is 0 Å². The van der Waals surface area contributed by atoms with E-state index in [2.05, 4.69) is 0 Å². The zero-order chi connectivity index (χ0) is 15.2. The van der Waals surface area contributed by atoms with Crippen molar-refractivity contribution in [3.63, 3.8) is 0 Å². The number of nitrogens with two attached hydrogens (primary N) is 1. The van der Waals surface area contributed by atoms with E-state index in [9.17, 15) is 4.79 Å². The van der Waals surface area contributed by atoms with Gasteiger partial charge < -0.3 is 20.1 Å². The number of benzene rings is 1. The SMILES string of the molecule is COc1cc(CCC(=O)N2CCCC(N)C2)cc(OC)c1.Cl. The molecule has 6 heteroatoms. The van der Waals surface area contributed by atoms with Gasteiger partial charge in [-0.15, -0.1) is 12.4 Å². The Morgan fingerprint density at radius 1 is 1.27 bits per heavy atom. The first-order chi connectivity index (χ1) is 10.1. The van der Waals surface area contributed by atoms with E-state index in [1.165, 1.54) is 0 Å². The molecule has 2 N–H and O–H groups in total. The predicted molar refractivity (Wildman–Crippen MR) is 88.9 cm³/mol. The lowest BCUT2D eigenvalue weighted by atomic mass is 10.0. The van der Waals surface area contributed by atoms with Crippen LogP contribution in [0.25, 0.3) is 0 Å². The van der Waals surface area contributed by atoms with Gasteiger partial charge in [-0.25, -0.2) is 0 Å². The number of carbonyl (C=O) groups excluding carboxylic acids is 1. The third-order valence-corrected chi connectivity index (χ3v) is 3.85. The van der Waals surface area contributed by atoms with Crippen LogP contribution in [0.4, 0.5) is 0 Å². The third-order valence-electron chi connectivity index (χ3n) is 3.85. The molecular weight excluding hydrogens is 304 g/mol. The van der Waals surface area contributed by atoms with Gasteiger partial charge in [0.15, 0.2) is 0 Å². The first-order valence-corrected chi connectivity index (χ1v) is 7.37. The Morgan fingerprint density at radius 2 is 1.91 bits per heavy atom. The molecule has 1 aliphatic heterocycles. The Hall–Kier alpha value is -1.46. The summed E-state index contributed by atoms with van der Waals surface area (Å²) in [5.74, 6) is 1.67. The number of methoxy groups -OCH3 is 2. The Bertz CT molecular complexity index is 474. The smallest absolute Gasteiger partial charge is 0.222 e. The summed E-state index contributed by atoms with van der Waals surface area (Å²) in [4.78, 5) is 14.1. The van der Waals surface area contributed by atoms with Gasteiger partial charge >= 0.3 is 0 Å². The number of hydrogen-bond acceptors (Lipinski definition) is 4. The van der Waals surface area contributed by atoms with Crippen molar-refractivity contribution >= 4 is 18.3 Å². The zero-order valence-corrected chi connectivity index (χ0v) is 14.0. The van der Waals surface area contributed by atoms with E-state index in [0.29, 0.717) is 19.4 Å². The van der Waals surface area contributed by atoms with E-state index in [0.717, 1.165) is 36.4 Å². The topological polar surface area (TPSA) is 64.8 Å². The van der Waals surface area contributed by atoms with Crippen LogP contribution in [0.5, 0.6) is 11.5 Å². The van der Waals surface area contributed by atoms with Crippen molar-refractivity contribution < 1.29 is 14.3 Å². The number of aryl methyl sites for hydroxylation is 1. The Balaban J connectivity index is 0.00000242. The van der Waals surface area contributed by atoms with Gasteiger partial charge in [-0.2, -0.15) is 0 Å². The van der Waals surface area contributed by atoms with E-state index < -0.39 is 0 Å². The minimum atomic E-state index is 0. The molecule has 0 spiro atoms. The molecule has 1 fully saturated rings. The molecule has 2 rings (SSSR count). The summed E-state index contributed by atoms with van der Waals surface area (Å²) >= 11 is 0. The van der Waals surface area contributed by atoms with E-state index in [1.54, 1.807) is 14.2 Å². The summed E-state index contributed by atoms with van der Waals surface area (Å²) < 4.78 is 10.5. The molecular formula is C16H25ClN2O3. The van der Waals surface area contributed by atoms with Crippen molar-refractivity contribution in [2.45, 2.75) is 31.7 Å². The van der Waals surface area contributed by atoms with Crippen LogP contribution in [0.2, 0.25) is 0 Å². The largest absolute Gasteiger partial charge is 0.497 e. The maximum absolute atomic E-state index is 12.2. The fourth-order valence-electron chi connectivity index (χ4n) is 2.66. The predicted octanol–water partition coefficient (Wildman–Crippen LogP) is 2.01. The molecule has 22 heavy (non-hydrogen) atoms. The molecule has 0 saturated carbocycles. The van der Waals surface area contributed by atoms with Crippen LogP contribution >= 0.6 is 12.4 Å². The summed E-state index contributed by atoms with van der Waals surface area (Å²) in [6.45, 7) is 1.51. The quantitative estimate of drug-likeness (QED) is 0.898. The van der Waals surface area contributed by atoms with Crippen molar-refractivity contribution in [3.05, 3.63) is 23.8 Å². The normalized spacial score (nSPS) is 17.6. The number of halogens is 1. The molecule has 0 bridgehead atoms. The molecule has 1 amide bonds. The minimum absolute atomic E-state index is 0. The van der Waals surface area contributed by atoms with Crippen LogP contribution in [0.3, 0.4) is 0 Å². The number of rotatable bonds is 5. The molecule has 0 aliphatic carbocycles. The zero-order valence-electron chi connectivity index (χ0n) is 13.2. The van der Waals surface area contributed by atoms with Crippen molar-refractivity contribution in [1.29, 1.82) is 0 Å². The van der Waals surface area contributed by atoms with Gasteiger partial charge in [0.2, 0.25) is 5.91 Å². The number of carbonyl (C=O) groups is 1. The second kappa shape index (κ2) is 8.86. The van der Waals surface area contributed by atoms with Gasteiger partial charge in [-0.05, 0) is 37.0 Å². The standard InChI is InChI=1S/C16H24N2O3.ClH/c1-20-14-8-12(9-15(10-14)21-2)5-6-16(19)18-7-3-4-13(17)11-18;/h8-10,13H,3-7,11,17H2,1-2H3;1H. The van der Waals surface area contributed by atoms with Gasteiger partial charge in [0, 0.05) is 31.6 Å². The van der Waals surface area contributed by atoms with Gasteiger partial charge in [0.1, 0.15) is 11.5 Å². The molecule has 0 aromatic heterocycles. The first-order valence-electron chi connectivity index (χ1n) is 7.37. The van der Waals surface area contributed by atoms with E-state index in [4.69, 9.17) is 15.2 Å². The molecule has 1 atom stereocenters. The highest BCUT2D eigenvalue weighted by Gasteiger charge is 2.20. The lowest BCUT2D eigenvalue weighted by molar-refractivity contribution is -0.132. The fraction of sp³-hybridized carbons (Fsp3) is 0.562.